The molecule has 21 heavy (non-hydrogen) atoms. The van der Waals surface area contributed by atoms with Gasteiger partial charge >= 0.3 is 5.69 Å². The lowest BCUT2D eigenvalue weighted by Gasteiger charge is -2.11. The molecule has 2 rings (SSSR count). The van der Waals surface area contributed by atoms with E-state index in [0.717, 1.165) is 10.0 Å². The highest BCUT2D eigenvalue weighted by Gasteiger charge is 2.18. The second-order valence-electron chi connectivity index (χ2n) is 4.67. The molecule has 1 N–H and O–H groups in total. The molecule has 0 saturated heterocycles. The van der Waals surface area contributed by atoms with E-state index in [0.29, 0.717) is 11.3 Å². The Bertz CT molecular complexity index is 685. The lowest BCUT2D eigenvalue weighted by Crippen LogP contribution is -1.98. The van der Waals surface area contributed by atoms with Crippen LogP contribution in [0.5, 0.6) is 11.5 Å². The number of rotatable bonds is 4. The van der Waals surface area contributed by atoms with Crippen LogP contribution in [0.3, 0.4) is 0 Å². The number of aliphatic hydroxyl groups excluding tert-OH is 1. The summed E-state index contributed by atoms with van der Waals surface area (Å²) in [6.07, 6.45) is -0.771. The number of nitro benzene ring substituents is 1. The maximum absolute atomic E-state index is 11.2. The predicted molar refractivity (Wildman–Crippen MR) is 82.7 cm³/mol. The van der Waals surface area contributed by atoms with Gasteiger partial charge in [-0.2, -0.15) is 0 Å². The Kier molecular flexibility index (Phi) is 4.59. The van der Waals surface area contributed by atoms with Crippen LogP contribution in [-0.2, 0) is 0 Å². The normalized spacial score (nSPS) is 12.0. The molecule has 0 bridgehead atoms. The van der Waals surface area contributed by atoms with Crippen LogP contribution in [0.15, 0.2) is 40.9 Å². The Morgan fingerprint density at radius 1 is 1.24 bits per heavy atom. The van der Waals surface area contributed by atoms with Gasteiger partial charge in [0.1, 0.15) is 5.75 Å². The van der Waals surface area contributed by atoms with Crippen molar-refractivity contribution in [1.82, 2.24) is 0 Å². The molecule has 6 heteroatoms. The molecular weight excluding hydrogens is 338 g/mol. The molecule has 0 aliphatic heterocycles. The van der Waals surface area contributed by atoms with Gasteiger partial charge in [-0.25, -0.2) is 0 Å². The van der Waals surface area contributed by atoms with Crippen molar-refractivity contribution in [3.63, 3.8) is 0 Å². The Morgan fingerprint density at radius 2 is 1.90 bits per heavy atom. The topological polar surface area (TPSA) is 72.6 Å². The maximum atomic E-state index is 11.2. The molecule has 0 radical (unpaired) electrons. The number of nitrogens with zero attached hydrogens (tertiary/aromatic N) is 1. The number of aliphatic hydroxyl groups is 1. The standard InChI is InChI=1S/C15H14BrNO4/c1-9-7-12(16)4-6-14(9)21-15-5-3-11(10(2)18)8-13(15)17(19)20/h3-8,10,18H,1-2H3/t10-/m0/s1. The van der Waals surface area contributed by atoms with Crippen LogP contribution in [0.4, 0.5) is 5.69 Å². The van der Waals surface area contributed by atoms with Crippen LogP contribution in [0.1, 0.15) is 24.2 Å². The minimum atomic E-state index is -0.771. The Labute approximate surface area is 130 Å². The van der Waals surface area contributed by atoms with Crippen molar-refractivity contribution in [2.45, 2.75) is 20.0 Å². The highest BCUT2D eigenvalue weighted by Crippen LogP contribution is 2.35. The molecule has 2 aromatic rings. The summed E-state index contributed by atoms with van der Waals surface area (Å²) in [4.78, 5) is 10.6. The monoisotopic (exact) mass is 351 g/mol. The number of aryl methyl sites for hydroxylation is 1. The third kappa shape index (κ3) is 3.59. The van der Waals surface area contributed by atoms with Gasteiger partial charge in [-0.15, -0.1) is 0 Å². The summed E-state index contributed by atoms with van der Waals surface area (Å²) in [5.74, 6) is 0.695. The first-order chi connectivity index (χ1) is 9.88. The number of hydrogen-bond acceptors (Lipinski definition) is 4. The molecule has 0 aromatic heterocycles. The summed E-state index contributed by atoms with van der Waals surface area (Å²) in [7, 11) is 0. The lowest BCUT2D eigenvalue weighted by atomic mass is 10.1. The van der Waals surface area contributed by atoms with Crippen LogP contribution >= 0.6 is 15.9 Å². The highest BCUT2D eigenvalue weighted by molar-refractivity contribution is 9.10. The molecule has 0 unspecified atom stereocenters. The minimum absolute atomic E-state index is 0.148. The molecule has 110 valence electrons. The second-order valence-corrected chi connectivity index (χ2v) is 5.59. The maximum Gasteiger partial charge on any atom is 0.311 e. The van der Waals surface area contributed by atoms with Crippen molar-refractivity contribution in [3.05, 3.63) is 62.1 Å². The average molecular weight is 352 g/mol. The van der Waals surface area contributed by atoms with E-state index in [1.165, 1.54) is 12.1 Å². The van der Waals surface area contributed by atoms with E-state index < -0.39 is 11.0 Å². The van der Waals surface area contributed by atoms with E-state index in [1.54, 1.807) is 25.1 Å². The van der Waals surface area contributed by atoms with Crippen LogP contribution in [-0.4, -0.2) is 10.0 Å². The van der Waals surface area contributed by atoms with E-state index in [9.17, 15) is 15.2 Å². The van der Waals surface area contributed by atoms with E-state index >= 15 is 0 Å². The summed E-state index contributed by atoms with van der Waals surface area (Å²) in [5, 5.41) is 20.7. The van der Waals surface area contributed by atoms with Gasteiger partial charge in [0, 0.05) is 10.5 Å². The number of nitro groups is 1. The molecule has 0 heterocycles. The molecule has 0 aliphatic carbocycles. The van der Waals surface area contributed by atoms with Crippen molar-refractivity contribution < 1.29 is 14.8 Å². The van der Waals surface area contributed by atoms with Gasteiger partial charge in [0.25, 0.3) is 0 Å². The van der Waals surface area contributed by atoms with E-state index in [1.807, 2.05) is 13.0 Å². The summed E-state index contributed by atoms with van der Waals surface area (Å²) >= 11 is 3.35. The van der Waals surface area contributed by atoms with Crippen LogP contribution in [0, 0.1) is 17.0 Å². The Balaban J connectivity index is 2.41. The molecule has 0 amide bonds. The lowest BCUT2D eigenvalue weighted by molar-refractivity contribution is -0.385. The van der Waals surface area contributed by atoms with Gasteiger partial charge in [0.05, 0.1) is 11.0 Å². The highest BCUT2D eigenvalue weighted by atomic mass is 79.9. The Morgan fingerprint density at radius 3 is 2.48 bits per heavy atom. The fraction of sp³-hybridized carbons (Fsp3) is 0.200. The first-order valence-corrected chi connectivity index (χ1v) is 7.08. The van der Waals surface area contributed by atoms with Gasteiger partial charge in [-0.3, -0.25) is 10.1 Å². The zero-order chi connectivity index (χ0) is 15.6. The third-order valence-corrected chi connectivity index (χ3v) is 3.51. The number of hydrogen-bond donors (Lipinski definition) is 1. The molecule has 2 aromatic carbocycles. The molecule has 5 nitrogen and oxygen atoms in total. The number of ether oxygens (including phenoxy) is 1. The van der Waals surface area contributed by atoms with E-state index in [4.69, 9.17) is 4.74 Å². The van der Waals surface area contributed by atoms with E-state index in [2.05, 4.69) is 15.9 Å². The zero-order valence-corrected chi connectivity index (χ0v) is 13.1. The molecule has 0 spiro atoms. The molecule has 1 atom stereocenters. The summed E-state index contributed by atoms with van der Waals surface area (Å²) < 4.78 is 6.56. The van der Waals surface area contributed by atoms with Gasteiger partial charge in [-0.05, 0) is 49.2 Å². The van der Waals surface area contributed by atoms with Crippen LogP contribution in [0.25, 0.3) is 0 Å². The smallest absolute Gasteiger partial charge is 0.311 e. The van der Waals surface area contributed by atoms with E-state index in [-0.39, 0.29) is 11.4 Å². The van der Waals surface area contributed by atoms with Gasteiger partial charge in [-0.1, -0.05) is 22.0 Å². The molecular formula is C15H14BrNO4. The van der Waals surface area contributed by atoms with Crippen LogP contribution < -0.4 is 4.74 Å². The van der Waals surface area contributed by atoms with Gasteiger partial charge < -0.3 is 9.84 Å². The Hall–Kier alpha value is -1.92. The third-order valence-electron chi connectivity index (χ3n) is 3.02. The summed E-state index contributed by atoms with van der Waals surface area (Å²) in [6, 6.07) is 9.85. The fourth-order valence-electron chi connectivity index (χ4n) is 1.87. The number of halogens is 1. The van der Waals surface area contributed by atoms with Crippen molar-refractivity contribution >= 4 is 21.6 Å². The quantitative estimate of drug-likeness (QED) is 0.649. The number of benzene rings is 2. The first kappa shape index (κ1) is 15.5. The molecule has 0 fully saturated rings. The largest absolute Gasteiger partial charge is 0.450 e. The second kappa shape index (κ2) is 6.24. The van der Waals surface area contributed by atoms with Crippen LogP contribution in [0.2, 0.25) is 0 Å². The van der Waals surface area contributed by atoms with Crippen molar-refractivity contribution in [1.29, 1.82) is 0 Å². The van der Waals surface area contributed by atoms with Crippen molar-refractivity contribution in [2.24, 2.45) is 0 Å². The van der Waals surface area contributed by atoms with Crippen molar-refractivity contribution in [3.8, 4) is 11.5 Å². The minimum Gasteiger partial charge on any atom is -0.450 e. The predicted octanol–water partition coefficient (Wildman–Crippen LogP) is 4.51. The molecule has 0 aliphatic rings. The first-order valence-electron chi connectivity index (χ1n) is 6.29. The van der Waals surface area contributed by atoms with Crippen molar-refractivity contribution in [2.75, 3.05) is 0 Å². The summed E-state index contributed by atoms with van der Waals surface area (Å²) in [6.45, 7) is 3.41. The zero-order valence-electron chi connectivity index (χ0n) is 11.5. The summed E-state index contributed by atoms with van der Waals surface area (Å²) in [5.41, 5.74) is 1.16. The molecule has 0 saturated carbocycles. The van der Waals surface area contributed by atoms with Gasteiger partial charge in [0.2, 0.25) is 5.75 Å². The fourth-order valence-corrected chi connectivity index (χ4v) is 2.34. The van der Waals surface area contributed by atoms with Gasteiger partial charge in [0.15, 0.2) is 0 Å². The average Bonchev–Trinajstić information content (AvgIpc) is 2.41. The SMILES string of the molecule is Cc1cc(Br)ccc1Oc1ccc([C@H](C)O)cc1[N+](=O)[O-].